The molecule has 0 unspecified atom stereocenters. The molecule has 0 spiro atoms. The monoisotopic (exact) mass is 311 g/mol. The van der Waals surface area contributed by atoms with Crippen LogP contribution in [0.2, 0.25) is 0 Å². The van der Waals surface area contributed by atoms with Crippen LogP contribution < -0.4 is 5.32 Å². The number of aromatic nitrogens is 2. The summed E-state index contributed by atoms with van der Waals surface area (Å²) >= 11 is 0. The molecule has 2 rings (SSSR count). The molecule has 0 aliphatic carbocycles. The standard InChI is InChI=1S/C14H25N5O3/c1-11(2)8-12(18-4-6-22-7-5-18)9-15-13-14(19(20)21)16-10-17(13)3/h10-12,15H,4-9H2,1-3H3/t12-/m0/s1. The van der Waals surface area contributed by atoms with Crippen molar-refractivity contribution in [3.8, 4) is 0 Å². The van der Waals surface area contributed by atoms with Gasteiger partial charge in [-0.15, -0.1) is 0 Å². The first kappa shape index (κ1) is 16.7. The Hall–Kier alpha value is -1.67. The van der Waals surface area contributed by atoms with Gasteiger partial charge in [-0.25, -0.2) is 0 Å². The number of ether oxygens (including phenoxy) is 1. The van der Waals surface area contributed by atoms with Gasteiger partial charge in [0.25, 0.3) is 0 Å². The second kappa shape index (κ2) is 7.55. The summed E-state index contributed by atoms with van der Waals surface area (Å²) in [6, 6.07) is 0.332. The van der Waals surface area contributed by atoms with Crippen LogP contribution in [0.25, 0.3) is 0 Å². The van der Waals surface area contributed by atoms with Gasteiger partial charge < -0.3 is 20.2 Å². The fraction of sp³-hybridized carbons (Fsp3) is 0.786. The Morgan fingerprint density at radius 3 is 2.73 bits per heavy atom. The molecule has 0 aromatic carbocycles. The molecule has 0 radical (unpaired) electrons. The van der Waals surface area contributed by atoms with Crippen molar-refractivity contribution in [2.75, 3.05) is 38.2 Å². The number of nitro groups is 1. The van der Waals surface area contributed by atoms with Crippen molar-refractivity contribution in [3.63, 3.8) is 0 Å². The molecule has 1 aliphatic heterocycles. The third kappa shape index (κ3) is 4.17. The highest BCUT2D eigenvalue weighted by atomic mass is 16.6. The molecule has 8 nitrogen and oxygen atoms in total. The summed E-state index contributed by atoms with van der Waals surface area (Å²) in [6.07, 6.45) is 2.51. The van der Waals surface area contributed by atoms with E-state index in [0.717, 1.165) is 32.7 Å². The molecule has 1 N–H and O–H groups in total. The molecule has 1 atom stereocenters. The predicted molar refractivity (Wildman–Crippen MR) is 84.0 cm³/mol. The van der Waals surface area contributed by atoms with Crippen LogP contribution >= 0.6 is 0 Å². The number of hydrogen-bond donors (Lipinski definition) is 1. The smallest absolute Gasteiger partial charge is 0.379 e. The van der Waals surface area contributed by atoms with Crippen molar-refractivity contribution in [1.82, 2.24) is 14.5 Å². The van der Waals surface area contributed by atoms with Crippen LogP contribution in [0, 0.1) is 16.0 Å². The van der Waals surface area contributed by atoms with Gasteiger partial charge in [0.1, 0.15) is 0 Å². The molecule has 1 aliphatic rings. The minimum absolute atomic E-state index is 0.118. The van der Waals surface area contributed by atoms with Gasteiger partial charge in [-0.3, -0.25) is 9.47 Å². The Kier molecular flexibility index (Phi) is 5.73. The van der Waals surface area contributed by atoms with Gasteiger partial charge in [0.05, 0.1) is 13.2 Å². The van der Waals surface area contributed by atoms with Gasteiger partial charge >= 0.3 is 5.82 Å². The van der Waals surface area contributed by atoms with Gasteiger partial charge in [0.15, 0.2) is 0 Å². The molecule has 0 amide bonds. The fourth-order valence-electron chi connectivity index (χ4n) is 2.82. The fourth-order valence-corrected chi connectivity index (χ4v) is 2.82. The maximum absolute atomic E-state index is 11.0. The van der Waals surface area contributed by atoms with E-state index in [9.17, 15) is 10.1 Å². The Bertz CT molecular complexity index is 497. The normalized spacial score (nSPS) is 17.6. The van der Waals surface area contributed by atoms with Crippen LogP contribution in [0.5, 0.6) is 0 Å². The van der Waals surface area contributed by atoms with Crippen molar-refractivity contribution in [2.24, 2.45) is 13.0 Å². The first-order valence-corrected chi connectivity index (χ1v) is 7.70. The summed E-state index contributed by atoms with van der Waals surface area (Å²) in [5.74, 6) is 0.913. The van der Waals surface area contributed by atoms with E-state index in [2.05, 4.69) is 29.0 Å². The molecule has 1 saturated heterocycles. The van der Waals surface area contributed by atoms with Gasteiger partial charge in [-0.2, -0.15) is 0 Å². The number of aryl methyl sites for hydroxylation is 1. The topological polar surface area (TPSA) is 85.5 Å². The highest BCUT2D eigenvalue weighted by Gasteiger charge is 2.25. The number of rotatable bonds is 7. The van der Waals surface area contributed by atoms with Crippen LogP contribution in [0.1, 0.15) is 20.3 Å². The Balaban J connectivity index is 2.04. The Labute approximate surface area is 130 Å². The van der Waals surface area contributed by atoms with Gasteiger partial charge in [-0.1, -0.05) is 13.8 Å². The number of imidazole rings is 1. The van der Waals surface area contributed by atoms with Crippen molar-refractivity contribution < 1.29 is 9.66 Å². The zero-order valence-electron chi connectivity index (χ0n) is 13.5. The van der Waals surface area contributed by atoms with Crippen LogP contribution in [-0.4, -0.2) is 58.3 Å². The van der Waals surface area contributed by atoms with E-state index in [4.69, 9.17) is 4.74 Å². The number of nitrogens with zero attached hydrogens (tertiary/aromatic N) is 4. The zero-order chi connectivity index (χ0) is 16.1. The lowest BCUT2D eigenvalue weighted by molar-refractivity contribution is -0.388. The third-order valence-corrected chi connectivity index (χ3v) is 3.90. The Morgan fingerprint density at radius 2 is 2.14 bits per heavy atom. The van der Waals surface area contributed by atoms with Crippen LogP contribution in [0.3, 0.4) is 0 Å². The largest absolute Gasteiger partial charge is 0.406 e. The van der Waals surface area contributed by atoms with Crippen LogP contribution in [-0.2, 0) is 11.8 Å². The average molecular weight is 311 g/mol. The highest BCUT2D eigenvalue weighted by molar-refractivity contribution is 5.52. The summed E-state index contributed by atoms with van der Waals surface area (Å²) in [4.78, 5) is 16.8. The number of anilines is 1. The van der Waals surface area contributed by atoms with E-state index >= 15 is 0 Å². The van der Waals surface area contributed by atoms with Crippen molar-refractivity contribution in [2.45, 2.75) is 26.3 Å². The van der Waals surface area contributed by atoms with Gasteiger partial charge in [0, 0.05) is 32.7 Å². The lowest BCUT2D eigenvalue weighted by Crippen LogP contribution is -2.47. The second-order valence-electron chi connectivity index (χ2n) is 6.10. The lowest BCUT2D eigenvalue weighted by atomic mass is 10.0. The summed E-state index contributed by atoms with van der Waals surface area (Å²) in [6.45, 7) is 8.37. The predicted octanol–water partition coefficient (Wildman–Crippen LogP) is 1.49. The first-order valence-electron chi connectivity index (χ1n) is 7.70. The summed E-state index contributed by atoms with van der Waals surface area (Å²) in [5, 5.41) is 14.2. The summed E-state index contributed by atoms with van der Waals surface area (Å²) in [7, 11) is 1.76. The molecule has 1 aromatic heterocycles. The summed E-state index contributed by atoms with van der Waals surface area (Å²) in [5.41, 5.74) is 0. The molecular formula is C14H25N5O3. The van der Waals surface area contributed by atoms with Crippen LogP contribution in [0.4, 0.5) is 11.6 Å². The molecule has 0 bridgehead atoms. The van der Waals surface area contributed by atoms with E-state index in [1.54, 1.807) is 11.6 Å². The quantitative estimate of drug-likeness (QED) is 0.606. The molecule has 1 fully saturated rings. The van der Waals surface area contributed by atoms with Crippen molar-refractivity contribution in [3.05, 3.63) is 16.4 Å². The molecular weight excluding hydrogens is 286 g/mol. The maximum Gasteiger partial charge on any atom is 0.406 e. The minimum Gasteiger partial charge on any atom is -0.379 e. The van der Waals surface area contributed by atoms with E-state index < -0.39 is 4.92 Å². The Morgan fingerprint density at radius 1 is 1.45 bits per heavy atom. The average Bonchev–Trinajstić information content (AvgIpc) is 2.85. The lowest BCUT2D eigenvalue weighted by Gasteiger charge is -2.35. The van der Waals surface area contributed by atoms with Crippen molar-refractivity contribution in [1.29, 1.82) is 0 Å². The number of hydrogen-bond acceptors (Lipinski definition) is 6. The van der Waals surface area contributed by atoms with E-state index in [1.807, 2.05) is 0 Å². The first-order chi connectivity index (χ1) is 10.5. The van der Waals surface area contributed by atoms with Crippen molar-refractivity contribution >= 4 is 11.6 Å². The SMILES string of the molecule is CC(C)C[C@@H](CNc1c([N+](=O)[O-])ncn1C)N1CCOCC1. The highest BCUT2D eigenvalue weighted by Crippen LogP contribution is 2.22. The molecule has 22 heavy (non-hydrogen) atoms. The molecule has 0 saturated carbocycles. The van der Waals surface area contributed by atoms with Gasteiger partial charge in [0.2, 0.25) is 12.1 Å². The third-order valence-electron chi connectivity index (χ3n) is 3.90. The van der Waals surface area contributed by atoms with Gasteiger partial charge in [-0.05, 0) is 22.2 Å². The summed E-state index contributed by atoms with van der Waals surface area (Å²) < 4.78 is 7.07. The molecule has 124 valence electrons. The molecule has 8 heteroatoms. The van der Waals surface area contributed by atoms with Crippen LogP contribution in [0.15, 0.2) is 6.33 Å². The number of morpholine rings is 1. The molecule has 2 heterocycles. The minimum atomic E-state index is -0.450. The van der Waals surface area contributed by atoms with E-state index in [0.29, 0.717) is 24.3 Å². The van der Waals surface area contributed by atoms with E-state index in [1.165, 1.54) is 6.33 Å². The number of nitrogens with one attached hydrogen (secondary N) is 1. The maximum atomic E-state index is 11.0. The zero-order valence-corrected chi connectivity index (χ0v) is 13.5. The molecule has 1 aromatic rings. The van der Waals surface area contributed by atoms with E-state index in [-0.39, 0.29) is 5.82 Å². The second-order valence-corrected chi connectivity index (χ2v) is 6.10.